The monoisotopic (exact) mass is 450 g/mol. The van der Waals surface area contributed by atoms with E-state index < -0.39 is 6.10 Å². The highest BCUT2D eigenvalue weighted by Gasteiger charge is 2.18. The van der Waals surface area contributed by atoms with Crippen molar-refractivity contribution in [3.63, 3.8) is 0 Å². The van der Waals surface area contributed by atoms with Crippen molar-refractivity contribution in [3.8, 4) is 11.5 Å². The van der Waals surface area contributed by atoms with Crippen LogP contribution in [0.4, 0.5) is 4.39 Å². The van der Waals surface area contributed by atoms with Crippen molar-refractivity contribution < 1.29 is 13.9 Å². The van der Waals surface area contributed by atoms with Gasteiger partial charge >= 0.3 is 0 Å². The minimum absolute atomic E-state index is 0.311. The summed E-state index contributed by atoms with van der Waals surface area (Å²) < 4.78 is 26.6. The van der Waals surface area contributed by atoms with Crippen LogP contribution in [0.3, 0.4) is 0 Å². The lowest BCUT2D eigenvalue weighted by molar-refractivity contribution is 0.206. The van der Waals surface area contributed by atoms with E-state index in [1.54, 1.807) is 12.3 Å². The first-order valence-corrected chi connectivity index (χ1v) is 10.5. The van der Waals surface area contributed by atoms with E-state index >= 15 is 4.39 Å². The fraction of sp³-hybridized carbons (Fsp3) is 0.167. The minimum Gasteiger partial charge on any atom is -0.493 e. The zero-order valence-corrected chi connectivity index (χ0v) is 18.2. The SMILES string of the molecule is COc1cc(Cc2c[nH]c3ncc(Cl)cc23)c(F)cc1OC(C)c1nc2ccccc2[nH]1. The van der Waals surface area contributed by atoms with Gasteiger partial charge in [0.15, 0.2) is 17.6 Å². The van der Waals surface area contributed by atoms with Crippen LogP contribution in [-0.4, -0.2) is 27.0 Å². The summed E-state index contributed by atoms with van der Waals surface area (Å²) in [7, 11) is 1.53. The molecular formula is C24H20ClFN4O2. The number of nitrogens with zero attached hydrogens (tertiary/aromatic N) is 2. The maximum Gasteiger partial charge on any atom is 0.165 e. The summed E-state index contributed by atoms with van der Waals surface area (Å²) in [5.74, 6) is 1.02. The number of imidazole rings is 1. The fourth-order valence-corrected chi connectivity index (χ4v) is 3.92. The van der Waals surface area contributed by atoms with Gasteiger partial charge in [0.1, 0.15) is 17.3 Å². The van der Waals surface area contributed by atoms with Gasteiger partial charge in [-0.3, -0.25) is 0 Å². The number of fused-ring (bicyclic) bond motifs is 2. The normalized spacial score (nSPS) is 12.4. The molecule has 162 valence electrons. The van der Waals surface area contributed by atoms with Crippen molar-refractivity contribution in [2.45, 2.75) is 19.4 Å². The summed E-state index contributed by atoms with van der Waals surface area (Å²) in [4.78, 5) is 15.1. The van der Waals surface area contributed by atoms with Crippen LogP contribution >= 0.6 is 11.6 Å². The Hall–Kier alpha value is -3.58. The number of pyridine rings is 1. The van der Waals surface area contributed by atoms with Gasteiger partial charge in [0.05, 0.1) is 23.2 Å². The average molecular weight is 451 g/mol. The summed E-state index contributed by atoms with van der Waals surface area (Å²) in [6, 6.07) is 12.6. The van der Waals surface area contributed by atoms with Gasteiger partial charge in [0, 0.05) is 30.3 Å². The maximum atomic E-state index is 15.0. The maximum absolute atomic E-state index is 15.0. The number of H-pyrrole nitrogens is 2. The van der Waals surface area contributed by atoms with Crippen LogP contribution in [0.1, 0.15) is 30.0 Å². The molecule has 0 aliphatic carbocycles. The Labute approximate surface area is 188 Å². The number of hydrogen-bond donors (Lipinski definition) is 2. The zero-order chi connectivity index (χ0) is 22.2. The van der Waals surface area contributed by atoms with Crippen molar-refractivity contribution in [2.75, 3.05) is 7.11 Å². The van der Waals surface area contributed by atoms with Gasteiger partial charge in [-0.2, -0.15) is 0 Å². The molecule has 0 aliphatic heterocycles. The molecule has 3 aromatic heterocycles. The zero-order valence-electron chi connectivity index (χ0n) is 17.4. The van der Waals surface area contributed by atoms with E-state index in [1.165, 1.54) is 13.2 Å². The largest absolute Gasteiger partial charge is 0.493 e. The quantitative estimate of drug-likeness (QED) is 0.334. The molecule has 0 spiro atoms. The van der Waals surface area contributed by atoms with Crippen LogP contribution < -0.4 is 9.47 Å². The molecule has 6 nitrogen and oxygen atoms in total. The topological polar surface area (TPSA) is 75.8 Å². The molecule has 0 radical (unpaired) electrons. The Balaban J connectivity index is 1.43. The number of halogens is 2. The summed E-state index contributed by atoms with van der Waals surface area (Å²) >= 11 is 6.08. The summed E-state index contributed by atoms with van der Waals surface area (Å²) in [5.41, 5.74) is 3.84. The number of hydrogen-bond acceptors (Lipinski definition) is 4. The molecule has 1 unspecified atom stereocenters. The van der Waals surface area contributed by atoms with E-state index in [9.17, 15) is 0 Å². The summed E-state index contributed by atoms with van der Waals surface area (Å²) in [6.45, 7) is 1.85. The van der Waals surface area contributed by atoms with Crippen LogP contribution in [0.15, 0.2) is 54.9 Å². The van der Waals surface area contributed by atoms with E-state index in [1.807, 2.05) is 43.5 Å². The molecule has 8 heteroatoms. The van der Waals surface area contributed by atoms with Crippen molar-refractivity contribution in [2.24, 2.45) is 0 Å². The molecule has 0 bridgehead atoms. The molecule has 32 heavy (non-hydrogen) atoms. The number of aromatic nitrogens is 4. The van der Waals surface area contributed by atoms with Crippen LogP contribution in [0, 0.1) is 5.82 Å². The van der Waals surface area contributed by atoms with Gasteiger partial charge in [-0.15, -0.1) is 0 Å². The predicted molar refractivity (Wildman–Crippen MR) is 122 cm³/mol. The second-order valence-corrected chi connectivity index (χ2v) is 7.97. The standard InChI is InChI=1S/C24H20ClFN4O2/c1-13(23-29-19-5-3-4-6-20(19)30-23)32-22-10-18(26)14(8-21(22)31-2)7-15-11-27-24-17(15)9-16(25)12-28-24/h3-6,8-13H,7H2,1-2H3,(H,27,28)(H,29,30). The van der Waals surface area contributed by atoms with Crippen LogP contribution in [0.25, 0.3) is 22.1 Å². The highest BCUT2D eigenvalue weighted by atomic mass is 35.5. The molecule has 0 saturated heterocycles. The first-order chi connectivity index (χ1) is 15.5. The molecule has 0 fully saturated rings. The van der Waals surface area contributed by atoms with Crippen LogP contribution in [0.5, 0.6) is 11.5 Å². The van der Waals surface area contributed by atoms with Crippen molar-refractivity contribution >= 4 is 33.7 Å². The van der Waals surface area contributed by atoms with Crippen molar-refractivity contribution in [3.05, 3.63) is 82.6 Å². The molecule has 2 N–H and O–H groups in total. The third-order valence-corrected chi connectivity index (χ3v) is 5.60. The lowest BCUT2D eigenvalue weighted by atomic mass is 10.0. The lowest BCUT2D eigenvalue weighted by Gasteiger charge is -2.17. The molecule has 0 aliphatic rings. The fourth-order valence-electron chi connectivity index (χ4n) is 3.76. The second-order valence-electron chi connectivity index (χ2n) is 7.53. The van der Waals surface area contributed by atoms with E-state index in [-0.39, 0.29) is 5.82 Å². The first-order valence-electron chi connectivity index (χ1n) is 10.1. The highest BCUT2D eigenvalue weighted by Crippen LogP contribution is 2.35. The molecule has 0 amide bonds. The molecule has 1 atom stereocenters. The molecule has 3 heterocycles. The Morgan fingerprint density at radius 2 is 1.97 bits per heavy atom. The van der Waals surface area contributed by atoms with E-state index in [0.717, 1.165) is 22.0 Å². The molecule has 0 saturated carbocycles. The molecular weight excluding hydrogens is 431 g/mol. The van der Waals surface area contributed by atoms with Crippen molar-refractivity contribution in [1.29, 1.82) is 0 Å². The number of para-hydroxylation sites is 2. The Morgan fingerprint density at radius 1 is 1.12 bits per heavy atom. The average Bonchev–Trinajstić information content (AvgIpc) is 3.39. The van der Waals surface area contributed by atoms with Gasteiger partial charge < -0.3 is 19.4 Å². The Bertz CT molecular complexity index is 1400. The molecule has 5 rings (SSSR count). The second kappa shape index (κ2) is 8.16. The molecule has 5 aromatic rings. The minimum atomic E-state index is -0.427. The number of benzene rings is 2. The number of ether oxygens (including phenoxy) is 2. The van der Waals surface area contributed by atoms with Gasteiger partial charge in [0.25, 0.3) is 0 Å². The smallest absolute Gasteiger partial charge is 0.165 e. The van der Waals surface area contributed by atoms with Crippen LogP contribution in [-0.2, 0) is 6.42 Å². The third-order valence-electron chi connectivity index (χ3n) is 5.39. The highest BCUT2D eigenvalue weighted by molar-refractivity contribution is 6.31. The summed E-state index contributed by atoms with van der Waals surface area (Å²) in [5, 5.41) is 1.38. The van der Waals surface area contributed by atoms with Gasteiger partial charge in [-0.1, -0.05) is 23.7 Å². The van der Waals surface area contributed by atoms with E-state index in [2.05, 4.69) is 19.9 Å². The van der Waals surface area contributed by atoms with E-state index in [0.29, 0.717) is 40.0 Å². The lowest BCUT2D eigenvalue weighted by Crippen LogP contribution is -2.07. The third kappa shape index (κ3) is 3.76. The number of methoxy groups -OCH3 is 1. The summed E-state index contributed by atoms with van der Waals surface area (Å²) in [6.07, 6.45) is 3.31. The number of nitrogens with one attached hydrogen (secondary N) is 2. The van der Waals surface area contributed by atoms with Gasteiger partial charge in [-0.05, 0) is 42.3 Å². The predicted octanol–water partition coefficient (Wildman–Crippen LogP) is 5.97. The Kier molecular flexibility index (Phi) is 5.19. The van der Waals surface area contributed by atoms with Gasteiger partial charge in [0.2, 0.25) is 0 Å². The number of aromatic amines is 2. The van der Waals surface area contributed by atoms with Crippen molar-refractivity contribution in [1.82, 2.24) is 19.9 Å². The number of rotatable bonds is 6. The van der Waals surface area contributed by atoms with Gasteiger partial charge in [-0.25, -0.2) is 14.4 Å². The molecule has 2 aromatic carbocycles. The Morgan fingerprint density at radius 3 is 2.78 bits per heavy atom. The first kappa shape index (κ1) is 20.3. The van der Waals surface area contributed by atoms with E-state index in [4.69, 9.17) is 21.1 Å². The van der Waals surface area contributed by atoms with Crippen LogP contribution in [0.2, 0.25) is 5.02 Å².